The Kier molecular flexibility index (Phi) is 2.53. The molecule has 0 bridgehead atoms. The second kappa shape index (κ2) is 4.52. The number of hydrogen-bond donors (Lipinski definition) is 1. The maximum atomic E-state index is 13.1. The van der Waals surface area contributed by atoms with Gasteiger partial charge in [0.1, 0.15) is 11.1 Å². The van der Waals surface area contributed by atoms with Crippen LogP contribution in [0.5, 0.6) is 5.75 Å². The van der Waals surface area contributed by atoms with Gasteiger partial charge in [-0.1, -0.05) is 30.0 Å². The number of para-hydroxylation sites is 2. The van der Waals surface area contributed by atoms with E-state index in [0.717, 1.165) is 21.5 Å². The average Bonchev–Trinajstić information content (AvgIpc) is 2.57. The van der Waals surface area contributed by atoms with Crippen LogP contribution in [0.2, 0.25) is 0 Å². The zero-order valence-electron chi connectivity index (χ0n) is 12.1. The summed E-state index contributed by atoms with van der Waals surface area (Å²) in [4.78, 5) is 26.6. The Labute approximate surface area is 138 Å². The zero-order valence-corrected chi connectivity index (χ0v) is 13.0. The number of hydrogen-bond acceptors (Lipinski definition) is 5. The van der Waals surface area contributed by atoms with E-state index in [0.29, 0.717) is 10.9 Å². The lowest BCUT2D eigenvalue weighted by molar-refractivity contribution is 0.467. The fourth-order valence-electron chi connectivity index (χ4n) is 3.19. The summed E-state index contributed by atoms with van der Waals surface area (Å²) in [6, 6.07) is 14.1. The predicted octanol–water partition coefficient (Wildman–Crippen LogP) is 3.27. The summed E-state index contributed by atoms with van der Waals surface area (Å²) in [6.07, 6.45) is 0. The number of fused-ring (bicyclic) bond motifs is 4. The van der Waals surface area contributed by atoms with Crippen LogP contribution in [0.25, 0.3) is 27.6 Å². The third-order valence-corrected chi connectivity index (χ3v) is 5.27. The minimum absolute atomic E-state index is 0.0148. The molecule has 0 fully saturated rings. The Bertz CT molecular complexity index is 1290. The lowest BCUT2D eigenvalue weighted by atomic mass is 10.1. The van der Waals surface area contributed by atoms with Crippen LogP contribution in [0.3, 0.4) is 0 Å². The third kappa shape index (κ3) is 1.60. The van der Waals surface area contributed by atoms with E-state index in [1.165, 1.54) is 0 Å². The normalized spacial score (nSPS) is 12.5. The van der Waals surface area contributed by atoms with Gasteiger partial charge in [-0.25, -0.2) is 4.79 Å². The molecule has 0 spiro atoms. The Hall–Kier alpha value is -2.99. The second-order valence-corrected chi connectivity index (χ2v) is 6.60. The van der Waals surface area contributed by atoms with Gasteiger partial charge in [0.05, 0.1) is 17.3 Å². The second-order valence-electron chi connectivity index (χ2n) is 5.52. The van der Waals surface area contributed by atoms with Gasteiger partial charge in [-0.2, -0.15) is 0 Å². The molecule has 0 saturated carbocycles. The molecule has 0 radical (unpaired) electrons. The summed E-state index contributed by atoms with van der Waals surface area (Å²) in [5.41, 5.74) is 0.474. The van der Waals surface area contributed by atoms with E-state index in [2.05, 4.69) is 0 Å². The number of aromatic nitrogens is 1. The molecular formula is C18H9NO4S. The SMILES string of the molecule is O=c1cc(O)c2c(=O)n3c4c(cccc4c2o1)Sc1ccccc1-3. The fraction of sp³-hybridized carbons (Fsp3) is 0. The Morgan fingerprint density at radius 3 is 2.67 bits per heavy atom. The molecule has 5 nitrogen and oxygen atoms in total. The van der Waals surface area contributed by atoms with Crippen molar-refractivity contribution in [1.82, 2.24) is 4.57 Å². The first-order valence-electron chi connectivity index (χ1n) is 7.27. The molecule has 1 aliphatic rings. The van der Waals surface area contributed by atoms with E-state index >= 15 is 0 Å². The van der Waals surface area contributed by atoms with Crippen molar-refractivity contribution in [2.24, 2.45) is 0 Å². The van der Waals surface area contributed by atoms with Gasteiger partial charge in [0, 0.05) is 15.2 Å². The van der Waals surface area contributed by atoms with Crippen molar-refractivity contribution in [3.8, 4) is 11.4 Å². The molecular weight excluding hydrogens is 326 g/mol. The minimum Gasteiger partial charge on any atom is -0.507 e. The molecule has 1 aliphatic heterocycles. The molecule has 3 heterocycles. The zero-order chi connectivity index (χ0) is 16.4. The first-order chi connectivity index (χ1) is 11.6. The minimum atomic E-state index is -0.686. The lowest BCUT2D eigenvalue weighted by Gasteiger charge is -2.22. The van der Waals surface area contributed by atoms with Gasteiger partial charge >= 0.3 is 5.63 Å². The monoisotopic (exact) mass is 335 g/mol. The lowest BCUT2D eigenvalue weighted by Crippen LogP contribution is -2.22. The first-order valence-corrected chi connectivity index (χ1v) is 8.08. The molecule has 0 unspecified atom stereocenters. The summed E-state index contributed by atoms with van der Waals surface area (Å²) in [6.45, 7) is 0. The Morgan fingerprint density at radius 2 is 1.79 bits per heavy atom. The highest BCUT2D eigenvalue weighted by atomic mass is 32.2. The number of rotatable bonds is 0. The highest BCUT2D eigenvalue weighted by Gasteiger charge is 2.24. The maximum absolute atomic E-state index is 13.1. The van der Waals surface area contributed by atoms with E-state index in [1.807, 2.05) is 36.4 Å². The van der Waals surface area contributed by atoms with E-state index < -0.39 is 11.2 Å². The first kappa shape index (κ1) is 13.4. The summed E-state index contributed by atoms with van der Waals surface area (Å²) in [5.74, 6) is -0.363. The third-order valence-electron chi connectivity index (χ3n) is 4.15. The molecule has 0 amide bonds. The number of benzene rings is 2. The van der Waals surface area contributed by atoms with Crippen LogP contribution < -0.4 is 11.2 Å². The van der Waals surface area contributed by atoms with Crippen LogP contribution in [-0.2, 0) is 0 Å². The molecule has 0 atom stereocenters. The summed E-state index contributed by atoms with van der Waals surface area (Å²) >= 11 is 1.56. The van der Waals surface area contributed by atoms with Gasteiger partial charge in [0.2, 0.25) is 0 Å². The largest absolute Gasteiger partial charge is 0.507 e. The average molecular weight is 335 g/mol. The van der Waals surface area contributed by atoms with Gasteiger partial charge in [-0.05, 0) is 24.3 Å². The quantitative estimate of drug-likeness (QED) is 0.440. The number of nitrogens with zero attached hydrogens (tertiary/aromatic N) is 1. The van der Waals surface area contributed by atoms with E-state index in [4.69, 9.17) is 4.42 Å². The van der Waals surface area contributed by atoms with Crippen LogP contribution in [0.4, 0.5) is 0 Å². The van der Waals surface area contributed by atoms with Crippen LogP contribution >= 0.6 is 11.8 Å². The maximum Gasteiger partial charge on any atom is 0.339 e. The summed E-state index contributed by atoms with van der Waals surface area (Å²) < 4.78 is 6.85. The molecule has 4 aromatic rings. The van der Waals surface area contributed by atoms with Crippen LogP contribution in [0, 0.1) is 0 Å². The molecule has 5 rings (SSSR count). The Balaban J connectivity index is 2.16. The van der Waals surface area contributed by atoms with Crippen molar-refractivity contribution < 1.29 is 9.52 Å². The highest BCUT2D eigenvalue weighted by Crippen LogP contribution is 2.43. The van der Waals surface area contributed by atoms with Crippen molar-refractivity contribution in [2.75, 3.05) is 0 Å². The molecule has 0 saturated heterocycles. The molecule has 116 valence electrons. The smallest absolute Gasteiger partial charge is 0.339 e. The van der Waals surface area contributed by atoms with Crippen molar-refractivity contribution in [2.45, 2.75) is 9.79 Å². The van der Waals surface area contributed by atoms with E-state index in [-0.39, 0.29) is 16.7 Å². The van der Waals surface area contributed by atoms with Gasteiger partial charge in [-0.15, -0.1) is 0 Å². The fourth-order valence-corrected chi connectivity index (χ4v) is 4.28. The van der Waals surface area contributed by atoms with E-state index in [9.17, 15) is 14.7 Å². The Morgan fingerprint density at radius 1 is 1.00 bits per heavy atom. The number of pyridine rings is 1. The van der Waals surface area contributed by atoms with Crippen LogP contribution in [0.15, 0.2) is 72.3 Å². The molecule has 6 heteroatoms. The molecule has 2 aromatic heterocycles. The molecule has 0 aliphatic carbocycles. The molecule has 1 N–H and O–H groups in total. The predicted molar refractivity (Wildman–Crippen MR) is 91.4 cm³/mol. The van der Waals surface area contributed by atoms with Crippen LogP contribution in [-0.4, -0.2) is 9.67 Å². The summed E-state index contributed by atoms with van der Waals surface area (Å²) in [7, 11) is 0. The van der Waals surface area contributed by atoms with Gasteiger partial charge in [0.15, 0.2) is 5.58 Å². The van der Waals surface area contributed by atoms with E-state index in [1.54, 1.807) is 22.4 Å². The van der Waals surface area contributed by atoms with Gasteiger partial charge in [0.25, 0.3) is 5.56 Å². The van der Waals surface area contributed by atoms with Gasteiger partial charge in [-0.3, -0.25) is 9.36 Å². The van der Waals surface area contributed by atoms with Gasteiger partial charge < -0.3 is 9.52 Å². The topological polar surface area (TPSA) is 72.4 Å². The van der Waals surface area contributed by atoms with Crippen molar-refractivity contribution in [1.29, 1.82) is 0 Å². The van der Waals surface area contributed by atoms with Crippen molar-refractivity contribution in [3.05, 3.63) is 69.3 Å². The number of aromatic hydroxyl groups is 1. The summed E-state index contributed by atoms with van der Waals surface area (Å²) in [5, 5.41) is 10.8. The standard InChI is InChI=1S/C18H9NO4S/c20-11-8-14(21)23-17-9-4-3-7-13-16(9)19(18(22)15(11)17)10-5-1-2-6-12(10)24-13/h1-8,20H. The molecule has 24 heavy (non-hydrogen) atoms. The highest BCUT2D eigenvalue weighted by molar-refractivity contribution is 7.99. The molecule has 2 aromatic carbocycles. The van der Waals surface area contributed by atoms with Crippen molar-refractivity contribution >= 4 is 33.6 Å². The van der Waals surface area contributed by atoms with Crippen LogP contribution in [0.1, 0.15) is 0 Å². The van der Waals surface area contributed by atoms with Crippen molar-refractivity contribution in [3.63, 3.8) is 0 Å².